The molecule has 0 fully saturated rings. The molecule has 0 spiro atoms. The Morgan fingerprint density at radius 3 is 2.00 bits per heavy atom. The number of aromatic nitrogens is 2. The number of nitrogens with zero attached hydrogens (tertiary/aromatic N) is 3. The molecule has 0 unspecified atom stereocenters. The normalized spacial score (nSPS) is 11.1. The zero-order valence-electron chi connectivity index (χ0n) is 16.7. The lowest BCUT2D eigenvalue weighted by Crippen LogP contribution is -2.04. The van der Waals surface area contributed by atoms with Gasteiger partial charge < -0.3 is 19.2 Å². The zero-order valence-corrected chi connectivity index (χ0v) is 16.7. The van der Waals surface area contributed by atoms with Crippen LogP contribution in [-0.4, -0.2) is 16.2 Å². The Morgan fingerprint density at radius 1 is 0.933 bits per heavy atom. The highest BCUT2D eigenvalue weighted by molar-refractivity contribution is 5.62. The van der Waals surface area contributed by atoms with E-state index in [9.17, 15) is 5.26 Å². The molecular formula is C25H22N4O. The number of methoxy groups -OCH3 is 1. The largest absolute Gasteiger partial charge is 0.492 e. The standard InChI is InChI=1S/C25H22N4O/c1-30-25-23(28-11-5-6-12-28)16-20(17-24(25)29-13-7-8-14-29)15-21(18-26)19-27-22-9-3-2-4-10-22/h2-14,16-17,19,27H,15H2,1H3. The minimum atomic E-state index is 0.503. The van der Waals surface area contributed by atoms with Crippen molar-refractivity contribution in [1.29, 1.82) is 5.26 Å². The van der Waals surface area contributed by atoms with Gasteiger partial charge in [-0.05, 0) is 54.1 Å². The van der Waals surface area contributed by atoms with Crippen molar-refractivity contribution in [2.45, 2.75) is 6.42 Å². The molecule has 0 bridgehead atoms. The highest BCUT2D eigenvalue weighted by Crippen LogP contribution is 2.33. The molecule has 2 heterocycles. The van der Waals surface area contributed by atoms with Crippen LogP contribution in [0.5, 0.6) is 5.75 Å². The molecule has 2 aromatic heterocycles. The fraction of sp³-hybridized carbons (Fsp3) is 0.0800. The van der Waals surface area contributed by atoms with E-state index in [1.165, 1.54) is 0 Å². The lowest BCUT2D eigenvalue weighted by atomic mass is 10.0. The van der Waals surface area contributed by atoms with Gasteiger partial charge in [-0.25, -0.2) is 0 Å². The van der Waals surface area contributed by atoms with Crippen LogP contribution in [0.4, 0.5) is 5.69 Å². The zero-order chi connectivity index (χ0) is 20.8. The highest BCUT2D eigenvalue weighted by Gasteiger charge is 2.15. The molecule has 148 valence electrons. The number of benzene rings is 2. The van der Waals surface area contributed by atoms with Gasteiger partial charge in [0.15, 0.2) is 5.75 Å². The predicted molar refractivity (Wildman–Crippen MR) is 119 cm³/mol. The molecule has 0 aliphatic rings. The second kappa shape index (κ2) is 8.89. The first kappa shape index (κ1) is 19.2. The van der Waals surface area contributed by atoms with Crippen molar-refractivity contribution in [1.82, 2.24) is 9.13 Å². The summed E-state index contributed by atoms with van der Waals surface area (Å²) in [5.41, 5.74) is 4.46. The van der Waals surface area contributed by atoms with E-state index in [0.29, 0.717) is 12.0 Å². The number of ether oxygens (including phenoxy) is 1. The summed E-state index contributed by atoms with van der Waals surface area (Å²) in [5.74, 6) is 0.774. The van der Waals surface area contributed by atoms with Crippen molar-refractivity contribution in [2.24, 2.45) is 0 Å². The number of hydrogen-bond acceptors (Lipinski definition) is 3. The Kier molecular flexibility index (Phi) is 5.68. The monoisotopic (exact) mass is 394 g/mol. The van der Waals surface area contributed by atoms with Crippen LogP contribution in [0.3, 0.4) is 0 Å². The molecular weight excluding hydrogens is 372 g/mol. The number of para-hydroxylation sites is 1. The van der Waals surface area contributed by atoms with E-state index in [-0.39, 0.29) is 0 Å². The van der Waals surface area contributed by atoms with Gasteiger partial charge in [0.1, 0.15) is 0 Å². The first-order valence-electron chi connectivity index (χ1n) is 9.67. The van der Waals surface area contributed by atoms with Crippen molar-refractivity contribution in [2.75, 3.05) is 12.4 Å². The van der Waals surface area contributed by atoms with Crippen LogP contribution in [-0.2, 0) is 6.42 Å². The molecule has 0 saturated heterocycles. The van der Waals surface area contributed by atoms with Crippen molar-refractivity contribution in [3.8, 4) is 23.2 Å². The Labute approximate surface area is 176 Å². The van der Waals surface area contributed by atoms with E-state index >= 15 is 0 Å². The number of rotatable bonds is 7. The number of nitriles is 1. The summed E-state index contributed by atoms with van der Waals surface area (Å²) >= 11 is 0. The molecule has 0 amide bonds. The molecule has 5 heteroatoms. The SMILES string of the molecule is COc1c(-n2cccc2)cc(CC(C#N)=CNc2ccccc2)cc1-n1cccc1. The van der Waals surface area contributed by atoms with Gasteiger partial charge in [0, 0.05) is 48.7 Å². The quantitative estimate of drug-likeness (QED) is 0.431. The van der Waals surface area contributed by atoms with E-state index in [2.05, 4.69) is 23.5 Å². The van der Waals surface area contributed by atoms with Crippen LogP contribution >= 0.6 is 0 Å². The summed E-state index contributed by atoms with van der Waals surface area (Å²) in [6, 6.07) is 24.2. The van der Waals surface area contributed by atoms with Crippen LogP contribution in [0.1, 0.15) is 5.56 Å². The number of anilines is 1. The van der Waals surface area contributed by atoms with Gasteiger partial charge in [-0.2, -0.15) is 5.26 Å². The highest BCUT2D eigenvalue weighted by atomic mass is 16.5. The van der Waals surface area contributed by atoms with Gasteiger partial charge in [0.25, 0.3) is 0 Å². The number of nitrogens with one attached hydrogen (secondary N) is 1. The minimum absolute atomic E-state index is 0.503. The maximum Gasteiger partial charge on any atom is 0.166 e. The van der Waals surface area contributed by atoms with Crippen LogP contribution < -0.4 is 10.1 Å². The van der Waals surface area contributed by atoms with E-state index in [0.717, 1.165) is 28.4 Å². The van der Waals surface area contributed by atoms with Crippen LogP contribution in [0.15, 0.2) is 103 Å². The fourth-order valence-electron chi connectivity index (χ4n) is 3.39. The Balaban J connectivity index is 1.73. The second-order valence-corrected chi connectivity index (χ2v) is 6.82. The van der Waals surface area contributed by atoms with Gasteiger partial charge in [0.05, 0.1) is 24.6 Å². The summed E-state index contributed by atoms with van der Waals surface area (Å²) in [4.78, 5) is 0. The number of hydrogen-bond donors (Lipinski definition) is 1. The van der Waals surface area contributed by atoms with Crippen LogP contribution in [0.2, 0.25) is 0 Å². The van der Waals surface area contributed by atoms with Gasteiger partial charge in [-0.1, -0.05) is 18.2 Å². The minimum Gasteiger partial charge on any atom is -0.492 e. The van der Waals surface area contributed by atoms with Gasteiger partial charge in [-0.3, -0.25) is 0 Å². The average Bonchev–Trinajstić information content (AvgIpc) is 3.51. The summed E-state index contributed by atoms with van der Waals surface area (Å²) in [7, 11) is 1.68. The molecule has 1 N–H and O–H groups in total. The predicted octanol–water partition coefficient (Wildman–Crippen LogP) is 5.34. The number of allylic oxidation sites excluding steroid dienone is 1. The molecule has 2 aromatic carbocycles. The van der Waals surface area contributed by atoms with Crippen molar-refractivity contribution < 1.29 is 4.74 Å². The molecule has 30 heavy (non-hydrogen) atoms. The molecule has 4 aromatic rings. The summed E-state index contributed by atoms with van der Waals surface area (Å²) in [5, 5.41) is 12.9. The molecule has 0 atom stereocenters. The second-order valence-electron chi connectivity index (χ2n) is 6.82. The third kappa shape index (κ3) is 4.13. The van der Waals surface area contributed by atoms with E-state index < -0.39 is 0 Å². The first-order chi connectivity index (χ1) is 14.8. The topological polar surface area (TPSA) is 54.9 Å². The van der Waals surface area contributed by atoms with E-state index in [1.807, 2.05) is 88.5 Å². The first-order valence-corrected chi connectivity index (χ1v) is 9.67. The van der Waals surface area contributed by atoms with E-state index in [1.54, 1.807) is 13.3 Å². The Hall–Kier alpha value is -4.17. The average molecular weight is 394 g/mol. The lowest BCUT2D eigenvalue weighted by molar-refractivity contribution is 0.411. The smallest absolute Gasteiger partial charge is 0.166 e. The molecule has 0 saturated carbocycles. The van der Waals surface area contributed by atoms with Gasteiger partial charge in [-0.15, -0.1) is 0 Å². The third-order valence-electron chi connectivity index (χ3n) is 4.80. The molecule has 0 radical (unpaired) electrons. The maximum absolute atomic E-state index is 9.68. The van der Waals surface area contributed by atoms with Crippen LogP contribution in [0, 0.1) is 11.3 Å². The van der Waals surface area contributed by atoms with E-state index in [4.69, 9.17) is 4.74 Å². The Bertz CT molecular complexity index is 1110. The summed E-state index contributed by atoms with van der Waals surface area (Å²) in [6.07, 6.45) is 10.2. The third-order valence-corrected chi connectivity index (χ3v) is 4.80. The lowest BCUT2D eigenvalue weighted by Gasteiger charge is -2.17. The molecule has 4 rings (SSSR count). The fourth-order valence-corrected chi connectivity index (χ4v) is 3.39. The van der Waals surface area contributed by atoms with Crippen molar-refractivity contribution in [3.63, 3.8) is 0 Å². The van der Waals surface area contributed by atoms with Gasteiger partial charge >= 0.3 is 0 Å². The maximum atomic E-state index is 9.68. The molecule has 0 aliphatic carbocycles. The van der Waals surface area contributed by atoms with Crippen molar-refractivity contribution in [3.05, 3.63) is 109 Å². The van der Waals surface area contributed by atoms with Crippen LogP contribution in [0.25, 0.3) is 11.4 Å². The summed E-state index contributed by atoms with van der Waals surface area (Å²) in [6.45, 7) is 0. The van der Waals surface area contributed by atoms with Gasteiger partial charge in [0.2, 0.25) is 0 Å². The summed E-state index contributed by atoms with van der Waals surface area (Å²) < 4.78 is 9.82. The van der Waals surface area contributed by atoms with Crippen molar-refractivity contribution >= 4 is 5.69 Å². The Morgan fingerprint density at radius 2 is 1.50 bits per heavy atom. The molecule has 5 nitrogen and oxygen atoms in total. The molecule has 0 aliphatic heterocycles.